The number of rotatable bonds is 0. The minimum atomic E-state index is 0.279. The van der Waals surface area contributed by atoms with Gasteiger partial charge in [0.15, 0.2) is 0 Å². The zero-order valence-electron chi connectivity index (χ0n) is 5.58. The van der Waals surface area contributed by atoms with Crippen molar-refractivity contribution < 1.29 is 4.79 Å². The minimum Gasteiger partial charge on any atom is -0.352 e. The van der Waals surface area contributed by atoms with E-state index in [1.54, 1.807) is 0 Å². The summed E-state index contributed by atoms with van der Waals surface area (Å²) in [5, 5.41) is 2.95. The summed E-state index contributed by atoms with van der Waals surface area (Å²) in [5.41, 5.74) is 0. The molecule has 2 heteroatoms. The molecule has 1 aliphatic heterocycles. The molecule has 0 aromatic rings. The highest BCUT2D eigenvalue weighted by Gasteiger charge is 2.54. The van der Waals surface area contributed by atoms with Gasteiger partial charge in [-0.15, -0.1) is 0 Å². The summed E-state index contributed by atoms with van der Waals surface area (Å²) in [6.45, 7) is 0. The molecular formula is C8H9NO. The Morgan fingerprint density at radius 2 is 2.20 bits per heavy atom. The molecule has 1 saturated heterocycles. The van der Waals surface area contributed by atoms with Crippen molar-refractivity contribution >= 4 is 5.91 Å². The van der Waals surface area contributed by atoms with Crippen molar-refractivity contribution in [2.24, 2.45) is 17.8 Å². The van der Waals surface area contributed by atoms with Crippen LogP contribution in [0.2, 0.25) is 0 Å². The number of hydrogen-bond acceptors (Lipinski definition) is 1. The summed E-state index contributed by atoms with van der Waals surface area (Å²) in [4.78, 5) is 11.0. The van der Waals surface area contributed by atoms with Gasteiger partial charge in [-0.1, -0.05) is 12.2 Å². The van der Waals surface area contributed by atoms with Crippen LogP contribution in [0.1, 0.15) is 6.42 Å². The Hall–Kier alpha value is -0.790. The molecular weight excluding hydrogens is 126 g/mol. The molecule has 0 radical (unpaired) electrons. The number of β-lactam (4-membered cyclic amide) rings is 1. The van der Waals surface area contributed by atoms with Crippen molar-refractivity contribution in [2.75, 3.05) is 0 Å². The molecule has 10 heavy (non-hydrogen) atoms. The number of allylic oxidation sites excluding steroid dienone is 1. The minimum absolute atomic E-state index is 0.279. The Balaban J connectivity index is 2.03. The first-order valence-corrected chi connectivity index (χ1v) is 3.85. The first kappa shape index (κ1) is 4.94. The van der Waals surface area contributed by atoms with E-state index in [4.69, 9.17) is 0 Å². The van der Waals surface area contributed by atoms with Gasteiger partial charge in [-0.25, -0.2) is 0 Å². The first-order chi connectivity index (χ1) is 4.86. The van der Waals surface area contributed by atoms with E-state index in [1.807, 2.05) is 0 Å². The van der Waals surface area contributed by atoms with E-state index < -0.39 is 0 Å². The van der Waals surface area contributed by atoms with Crippen LogP contribution in [0.5, 0.6) is 0 Å². The number of amides is 1. The summed E-state index contributed by atoms with van der Waals surface area (Å²) in [5.74, 6) is 1.90. The molecule has 3 rings (SSSR count). The van der Waals surface area contributed by atoms with Gasteiger partial charge in [-0.05, 0) is 18.3 Å². The predicted molar refractivity (Wildman–Crippen MR) is 36.2 cm³/mol. The van der Waals surface area contributed by atoms with Gasteiger partial charge in [0.1, 0.15) is 0 Å². The standard InChI is InChI=1S/C8H9NO/c10-8-6-4-1-2-5(3-4)7(6)9-8/h1-2,4-7H,3H2,(H,9,10)/t4?,5?,6-,7+/m0/s1. The van der Waals surface area contributed by atoms with Crippen LogP contribution in [0.4, 0.5) is 0 Å². The van der Waals surface area contributed by atoms with E-state index in [0.717, 1.165) is 0 Å². The third-order valence-corrected chi connectivity index (χ3v) is 3.07. The van der Waals surface area contributed by atoms with Crippen LogP contribution in [0.3, 0.4) is 0 Å². The molecule has 1 saturated carbocycles. The maximum atomic E-state index is 11.0. The predicted octanol–water partition coefficient (Wildman–Crippen LogP) is 0.307. The molecule has 0 spiro atoms. The van der Waals surface area contributed by atoms with E-state index in [1.165, 1.54) is 6.42 Å². The second-order valence-electron chi connectivity index (χ2n) is 3.51. The molecule has 2 aliphatic carbocycles. The monoisotopic (exact) mass is 135 g/mol. The third kappa shape index (κ3) is 0.349. The maximum absolute atomic E-state index is 11.0. The van der Waals surface area contributed by atoms with Crippen molar-refractivity contribution in [3.05, 3.63) is 12.2 Å². The Bertz CT molecular complexity index is 233. The number of carbonyl (C=O) groups is 1. The van der Waals surface area contributed by atoms with E-state index in [2.05, 4.69) is 17.5 Å². The molecule has 1 N–H and O–H groups in total. The summed E-state index contributed by atoms with van der Waals surface area (Å²) in [7, 11) is 0. The van der Waals surface area contributed by atoms with Crippen LogP contribution in [0, 0.1) is 17.8 Å². The maximum Gasteiger partial charge on any atom is 0.226 e. The summed E-state index contributed by atoms with van der Waals surface area (Å²) >= 11 is 0. The molecule has 0 aromatic heterocycles. The zero-order chi connectivity index (χ0) is 6.72. The van der Waals surface area contributed by atoms with Crippen molar-refractivity contribution in [3.63, 3.8) is 0 Å². The number of nitrogens with one attached hydrogen (secondary N) is 1. The molecule has 2 fully saturated rings. The van der Waals surface area contributed by atoms with Gasteiger partial charge < -0.3 is 5.32 Å². The number of hydrogen-bond donors (Lipinski definition) is 1. The normalized spacial score (nSPS) is 54.2. The fourth-order valence-corrected chi connectivity index (χ4v) is 2.54. The van der Waals surface area contributed by atoms with Crippen LogP contribution < -0.4 is 5.32 Å². The fourth-order valence-electron chi connectivity index (χ4n) is 2.54. The molecule has 1 heterocycles. The molecule has 2 unspecified atom stereocenters. The molecule has 1 amide bonds. The molecule has 2 nitrogen and oxygen atoms in total. The van der Waals surface area contributed by atoms with Gasteiger partial charge >= 0.3 is 0 Å². The Kier molecular flexibility index (Phi) is 0.636. The lowest BCUT2D eigenvalue weighted by atomic mass is 9.82. The van der Waals surface area contributed by atoms with E-state index in [-0.39, 0.29) is 5.91 Å². The highest BCUT2D eigenvalue weighted by molar-refractivity contribution is 5.87. The van der Waals surface area contributed by atoms with Crippen molar-refractivity contribution in [3.8, 4) is 0 Å². The van der Waals surface area contributed by atoms with Crippen molar-refractivity contribution in [1.82, 2.24) is 5.32 Å². The van der Waals surface area contributed by atoms with E-state index >= 15 is 0 Å². The average molecular weight is 135 g/mol. The van der Waals surface area contributed by atoms with Crippen LogP contribution >= 0.6 is 0 Å². The van der Waals surface area contributed by atoms with Gasteiger partial charge in [0.05, 0.1) is 5.92 Å². The van der Waals surface area contributed by atoms with Crippen LogP contribution in [0.25, 0.3) is 0 Å². The highest BCUT2D eigenvalue weighted by atomic mass is 16.2. The van der Waals surface area contributed by atoms with Crippen molar-refractivity contribution in [1.29, 1.82) is 0 Å². The highest BCUT2D eigenvalue weighted by Crippen LogP contribution is 2.47. The van der Waals surface area contributed by atoms with Gasteiger partial charge in [0.25, 0.3) is 0 Å². The molecule has 52 valence electrons. The van der Waals surface area contributed by atoms with Crippen LogP contribution in [-0.4, -0.2) is 11.9 Å². The summed E-state index contributed by atoms with van der Waals surface area (Å²) in [6, 6.07) is 0.516. The SMILES string of the molecule is O=C1N[C@@H]2C3C=CC(C3)[C@H]12. The third-order valence-electron chi connectivity index (χ3n) is 3.07. The quantitative estimate of drug-likeness (QED) is 0.376. The molecule has 2 bridgehead atoms. The summed E-state index contributed by atoms with van der Waals surface area (Å²) in [6.07, 6.45) is 5.68. The van der Waals surface area contributed by atoms with Gasteiger partial charge in [0, 0.05) is 6.04 Å². The number of fused-ring (bicyclic) bond motifs is 5. The Morgan fingerprint density at radius 3 is 2.80 bits per heavy atom. The second-order valence-corrected chi connectivity index (χ2v) is 3.51. The van der Waals surface area contributed by atoms with E-state index in [0.29, 0.717) is 23.8 Å². The molecule has 3 aliphatic rings. The second kappa shape index (κ2) is 1.29. The summed E-state index contributed by atoms with van der Waals surface area (Å²) < 4.78 is 0. The lowest BCUT2D eigenvalue weighted by molar-refractivity contribution is -0.135. The van der Waals surface area contributed by atoms with Gasteiger partial charge in [-0.3, -0.25) is 4.79 Å². The lowest BCUT2D eigenvalue weighted by Gasteiger charge is -2.37. The molecule has 0 aromatic carbocycles. The smallest absolute Gasteiger partial charge is 0.226 e. The first-order valence-electron chi connectivity index (χ1n) is 3.85. The lowest BCUT2D eigenvalue weighted by Crippen LogP contribution is -2.59. The topological polar surface area (TPSA) is 29.1 Å². The zero-order valence-corrected chi connectivity index (χ0v) is 5.58. The Labute approximate surface area is 59.3 Å². The van der Waals surface area contributed by atoms with Crippen LogP contribution in [-0.2, 0) is 4.79 Å². The molecule has 4 atom stereocenters. The van der Waals surface area contributed by atoms with Crippen molar-refractivity contribution in [2.45, 2.75) is 12.5 Å². The van der Waals surface area contributed by atoms with Gasteiger partial charge in [0.2, 0.25) is 5.91 Å². The van der Waals surface area contributed by atoms with E-state index in [9.17, 15) is 4.79 Å². The fraction of sp³-hybridized carbons (Fsp3) is 0.625. The van der Waals surface area contributed by atoms with Gasteiger partial charge in [-0.2, -0.15) is 0 Å². The number of carbonyl (C=O) groups excluding carboxylic acids is 1. The average Bonchev–Trinajstić information content (AvgIpc) is 2.40. The largest absolute Gasteiger partial charge is 0.352 e. The van der Waals surface area contributed by atoms with Crippen LogP contribution in [0.15, 0.2) is 12.2 Å². The Morgan fingerprint density at radius 1 is 1.40 bits per heavy atom.